The molecule has 106 valence electrons. The molecule has 0 saturated carbocycles. The zero-order valence-corrected chi connectivity index (χ0v) is 11.7. The van der Waals surface area contributed by atoms with Crippen LogP contribution in [0.25, 0.3) is 0 Å². The molecule has 0 amide bonds. The molecule has 0 aliphatic carbocycles. The normalized spacial score (nSPS) is 12.1. The summed E-state index contributed by atoms with van der Waals surface area (Å²) in [5.41, 5.74) is 1.98. The second-order valence-corrected chi connectivity index (χ2v) is 4.74. The summed E-state index contributed by atoms with van der Waals surface area (Å²) in [6, 6.07) is 9.47. The maximum Gasteiger partial charge on any atom is 0.165 e. The van der Waals surface area contributed by atoms with Crippen molar-refractivity contribution in [1.29, 1.82) is 0 Å². The van der Waals surface area contributed by atoms with E-state index in [2.05, 4.69) is 5.32 Å². The van der Waals surface area contributed by atoms with Crippen LogP contribution in [0.3, 0.4) is 0 Å². The van der Waals surface area contributed by atoms with Crippen molar-refractivity contribution < 1.29 is 13.5 Å². The average molecular weight is 277 g/mol. The predicted molar refractivity (Wildman–Crippen MR) is 76.1 cm³/mol. The van der Waals surface area contributed by atoms with Gasteiger partial charge in [-0.3, -0.25) is 0 Å². The molecule has 2 rings (SSSR count). The summed E-state index contributed by atoms with van der Waals surface area (Å²) in [5.74, 6) is -0.545. The average Bonchev–Trinajstić information content (AvgIpc) is 2.41. The second-order valence-electron chi connectivity index (χ2n) is 4.74. The number of hydrogen-bond donors (Lipinski definition) is 1. The Balaban J connectivity index is 2.19. The van der Waals surface area contributed by atoms with Crippen molar-refractivity contribution in [3.8, 4) is 5.75 Å². The monoisotopic (exact) mass is 277 g/mol. The predicted octanol–water partition coefficient (Wildman–Crippen LogP) is 4.45. The van der Waals surface area contributed by atoms with Gasteiger partial charge in [-0.25, -0.2) is 8.78 Å². The van der Waals surface area contributed by atoms with Crippen LogP contribution in [0, 0.1) is 18.6 Å². The van der Waals surface area contributed by atoms with Crippen LogP contribution in [-0.4, -0.2) is 7.11 Å². The first-order valence-electron chi connectivity index (χ1n) is 6.37. The third-order valence-electron chi connectivity index (χ3n) is 3.17. The van der Waals surface area contributed by atoms with Crippen LogP contribution < -0.4 is 10.1 Å². The van der Waals surface area contributed by atoms with E-state index < -0.39 is 5.82 Å². The van der Waals surface area contributed by atoms with Gasteiger partial charge in [-0.2, -0.15) is 0 Å². The highest BCUT2D eigenvalue weighted by Crippen LogP contribution is 2.25. The fourth-order valence-electron chi connectivity index (χ4n) is 2.01. The molecular weight excluding hydrogens is 260 g/mol. The Labute approximate surface area is 117 Å². The van der Waals surface area contributed by atoms with Gasteiger partial charge in [-0.1, -0.05) is 12.1 Å². The highest BCUT2D eigenvalue weighted by molar-refractivity contribution is 5.48. The molecule has 1 unspecified atom stereocenters. The van der Waals surface area contributed by atoms with E-state index in [4.69, 9.17) is 4.74 Å². The van der Waals surface area contributed by atoms with E-state index in [9.17, 15) is 8.78 Å². The molecule has 1 atom stereocenters. The number of rotatable bonds is 4. The summed E-state index contributed by atoms with van der Waals surface area (Å²) in [6.07, 6.45) is 0. The molecule has 0 fully saturated rings. The van der Waals surface area contributed by atoms with Gasteiger partial charge in [0.1, 0.15) is 5.82 Å². The molecule has 4 heteroatoms. The van der Waals surface area contributed by atoms with Crippen molar-refractivity contribution >= 4 is 5.69 Å². The summed E-state index contributed by atoms with van der Waals surface area (Å²) in [4.78, 5) is 0. The maximum absolute atomic E-state index is 13.8. The van der Waals surface area contributed by atoms with Crippen molar-refractivity contribution in [1.82, 2.24) is 0 Å². The molecule has 0 aliphatic rings. The number of halogens is 2. The Morgan fingerprint density at radius 3 is 2.40 bits per heavy atom. The fraction of sp³-hybridized carbons (Fsp3) is 0.250. The Bertz CT molecular complexity index is 613. The lowest BCUT2D eigenvalue weighted by Gasteiger charge is -2.17. The van der Waals surface area contributed by atoms with E-state index in [1.165, 1.54) is 19.2 Å². The third-order valence-corrected chi connectivity index (χ3v) is 3.17. The minimum Gasteiger partial charge on any atom is -0.494 e. The quantitative estimate of drug-likeness (QED) is 0.891. The van der Waals surface area contributed by atoms with E-state index in [1.54, 1.807) is 18.2 Å². The number of benzene rings is 2. The van der Waals surface area contributed by atoms with Gasteiger partial charge in [0, 0.05) is 6.04 Å². The van der Waals surface area contributed by atoms with Crippen LogP contribution in [0.5, 0.6) is 5.75 Å². The van der Waals surface area contributed by atoms with E-state index in [0.717, 1.165) is 11.1 Å². The minimum atomic E-state index is -0.428. The molecule has 0 spiro atoms. The number of methoxy groups -OCH3 is 1. The molecule has 1 N–H and O–H groups in total. The Morgan fingerprint density at radius 2 is 1.80 bits per heavy atom. The standard InChI is InChI=1S/C16H17F2NO/c1-10-4-6-15(13(17)8-10)19-11(2)12-5-7-16(20-3)14(18)9-12/h4-9,11,19H,1-3H3. The highest BCUT2D eigenvalue weighted by Gasteiger charge is 2.11. The molecular formula is C16H17F2NO. The highest BCUT2D eigenvalue weighted by atomic mass is 19.1. The number of ether oxygens (including phenoxy) is 1. The number of aryl methyl sites for hydroxylation is 1. The van der Waals surface area contributed by atoms with Crippen LogP contribution in [-0.2, 0) is 0 Å². The van der Waals surface area contributed by atoms with Gasteiger partial charge in [-0.15, -0.1) is 0 Å². The molecule has 0 bridgehead atoms. The molecule has 0 aliphatic heterocycles. The lowest BCUT2D eigenvalue weighted by molar-refractivity contribution is 0.386. The van der Waals surface area contributed by atoms with E-state index in [-0.39, 0.29) is 17.6 Å². The first kappa shape index (κ1) is 14.3. The van der Waals surface area contributed by atoms with Crippen LogP contribution in [0.1, 0.15) is 24.1 Å². The summed E-state index contributed by atoms with van der Waals surface area (Å²) in [6.45, 7) is 3.68. The van der Waals surface area contributed by atoms with Gasteiger partial charge < -0.3 is 10.1 Å². The summed E-state index contributed by atoms with van der Waals surface area (Å²) in [5, 5.41) is 3.04. The summed E-state index contributed by atoms with van der Waals surface area (Å²) < 4.78 is 32.3. The van der Waals surface area contributed by atoms with Crippen LogP contribution >= 0.6 is 0 Å². The SMILES string of the molecule is COc1ccc(C(C)Nc2ccc(C)cc2F)cc1F. The zero-order valence-electron chi connectivity index (χ0n) is 11.7. The Kier molecular flexibility index (Phi) is 4.23. The first-order valence-corrected chi connectivity index (χ1v) is 6.37. The lowest BCUT2D eigenvalue weighted by atomic mass is 10.1. The maximum atomic E-state index is 13.8. The molecule has 0 aromatic heterocycles. The van der Waals surface area contributed by atoms with Gasteiger partial charge in [0.25, 0.3) is 0 Å². The van der Waals surface area contributed by atoms with Crippen molar-refractivity contribution in [2.45, 2.75) is 19.9 Å². The smallest absolute Gasteiger partial charge is 0.165 e. The molecule has 0 heterocycles. The molecule has 2 nitrogen and oxygen atoms in total. The van der Waals surface area contributed by atoms with Crippen LogP contribution in [0.2, 0.25) is 0 Å². The van der Waals surface area contributed by atoms with Gasteiger partial charge in [0.2, 0.25) is 0 Å². The number of hydrogen-bond acceptors (Lipinski definition) is 2. The van der Waals surface area contributed by atoms with Crippen LogP contribution in [0.15, 0.2) is 36.4 Å². The Hall–Kier alpha value is -2.10. The molecule has 0 saturated heterocycles. The van der Waals surface area contributed by atoms with E-state index >= 15 is 0 Å². The van der Waals surface area contributed by atoms with Gasteiger partial charge in [0.05, 0.1) is 12.8 Å². The Morgan fingerprint density at radius 1 is 1.05 bits per heavy atom. The van der Waals surface area contributed by atoms with Crippen molar-refractivity contribution in [3.63, 3.8) is 0 Å². The van der Waals surface area contributed by atoms with Crippen molar-refractivity contribution in [2.24, 2.45) is 0 Å². The first-order chi connectivity index (χ1) is 9.51. The van der Waals surface area contributed by atoms with Gasteiger partial charge in [-0.05, 0) is 49.2 Å². The zero-order chi connectivity index (χ0) is 14.7. The topological polar surface area (TPSA) is 21.3 Å². The molecule has 2 aromatic carbocycles. The van der Waals surface area contributed by atoms with Crippen molar-refractivity contribution in [3.05, 3.63) is 59.2 Å². The third kappa shape index (κ3) is 3.07. The summed E-state index contributed by atoms with van der Waals surface area (Å²) >= 11 is 0. The van der Waals surface area contributed by atoms with E-state index in [1.807, 2.05) is 19.9 Å². The van der Waals surface area contributed by atoms with E-state index in [0.29, 0.717) is 5.69 Å². The largest absolute Gasteiger partial charge is 0.494 e. The fourth-order valence-corrected chi connectivity index (χ4v) is 2.01. The molecule has 20 heavy (non-hydrogen) atoms. The number of anilines is 1. The van der Waals surface area contributed by atoms with Gasteiger partial charge in [0.15, 0.2) is 11.6 Å². The minimum absolute atomic E-state index is 0.197. The number of nitrogens with one attached hydrogen (secondary N) is 1. The van der Waals surface area contributed by atoms with Crippen LogP contribution in [0.4, 0.5) is 14.5 Å². The summed E-state index contributed by atoms with van der Waals surface area (Å²) in [7, 11) is 1.42. The molecule has 0 radical (unpaired) electrons. The lowest BCUT2D eigenvalue weighted by Crippen LogP contribution is -2.08. The van der Waals surface area contributed by atoms with Gasteiger partial charge >= 0.3 is 0 Å². The molecule has 2 aromatic rings. The second kappa shape index (κ2) is 5.90. The van der Waals surface area contributed by atoms with Crippen molar-refractivity contribution in [2.75, 3.05) is 12.4 Å².